The smallest absolute Gasteiger partial charge is 0.307 e. The molecule has 1 aliphatic rings. The number of halogens is 3. The molecule has 38 heavy (non-hydrogen) atoms. The lowest BCUT2D eigenvalue weighted by molar-refractivity contribution is -0.136. The summed E-state index contributed by atoms with van der Waals surface area (Å²) >= 11 is 6.48. The molecule has 0 unspecified atom stereocenters. The van der Waals surface area contributed by atoms with Crippen LogP contribution in [-0.2, 0) is 11.2 Å². The van der Waals surface area contributed by atoms with E-state index in [1.165, 1.54) is 47.0 Å². The zero-order chi connectivity index (χ0) is 27.1. The van der Waals surface area contributed by atoms with Crippen LogP contribution in [0.5, 0.6) is 11.5 Å². The van der Waals surface area contributed by atoms with Crippen LogP contribution in [0.4, 0.5) is 14.5 Å². The van der Waals surface area contributed by atoms with Crippen LogP contribution in [0.25, 0.3) is 10.9 Å². The molecule has 10 heteroatoms. The van der Waals surface area contributed by atoms with Gasteiger partial charge in [0.1, 0.15) is 35.8 Å². The number of carbonyl (C=O) groups excluding carboxylic acids is 1. The molecule has 0 bridgehead atoms. The number of rotatable bonds is 6. The molecule has 1 aromatic heterocycles. The highest BCUT2D eigenvalue weighted by Gasteiger charge is 2.26. The van der Waals surface area contributed by atoms with Gasteiger partial charge in [0.2, 0.25) is 0 Å². The van der Waals surface area contributed by atoms with Crippen molar-refractivity contribution in [2.75, 3.05) is 25.1 Å². The summed E-state index contributed by atoms with van der Waals surface area (Å²) in [4.78, 5) is 26.8. The lowest BCUT2D eigenvalue weighted by Gasteiger charge is -2.33. The predicted molar refractivity (Wildman–Crippen MR) is 139 cm³/mol. The molecule has 0 fully saturated rings. The molecule has 0 aliphatic carbocycles. The van der Waals surface area contributed by atoms with Crippen molar-refractivity contribution in [3.8, 4) is 11.5 Å². The third kappa shape index (κ3) is 4.77. The molecular weight excluding hydrogens is 518 g/mol. The average Bonchev–Trinajstić information content (AvgIpc) is 3.13. The third-order valence-corrected chi connectivity index (χ3v) is 6.85. The van der Waals surface area contributed by atoms with E-state index in [1.807, 2.05) is 11.9 Å². The Hall–Kier alpha value is -4.11. The van der Waals surface area contributed by atoms with Crippen molar-refractivity contribution in [3.05, 3.63) is 88.1 Å². The minimum Gasteiger partial charge on any atom is -0.490 e. The molecule has 0 amide bonds. The average molecular weight is 541 g/mol. The first kappa shape index (κ1) is 25.5. The van der Waals surface area contributed by atoms with Gasteiger partial charge in [-0.05, 0) is 61.0 Å². The lowest BCUT2D eigenvalue weighted by Crippen LogP contribution is -2.41. The van der Waals surface area contributed by atoms with Gasteiger partial charge < -0.3 is 19.5 Å². The summed E-state index contributed by atoms with van der Waals surface area (Å²) < 4.78 is 40.6. The van der Waals surface area contributed by atoms with Gasteiger partial charge in [-0.3, -0.25) is 14.2 Å². The van der Waals surface area contributed by atoms with Gasteiger partial charge in [-0.15, -0.1) is 0 Å². The van der Waals surface area contributed by atoms with Crippen LogP contribution in [0.3, 0.4) is 0 Å². The van der Waals surface area contributed by atoms with Gasteiger partial charge in [0.05, 0.1) is 34.8 Å². The number of ether oxygens (including phenoxy) is 2. The van der Waals surface area contributed by atoms with Crippen LogP contribution >= 0.6 is 11.6 Å². The zero-order valence-electron chi connectivity index (χ0n) is 20.5. The second-order valence-corrected chi connectivity index (χ2v) is 9.53. The van der Waals surface area contributed by atoms with Gasteiger partial charge in [0, 0.05) is 24.2 Å². The molecule has 7 nitrogen and oxygen atoms in total. The van der Waals surface area contributed by atoms with E-state index in [2.05, 4.69) is 0 Å². The van der Waals surface area contributed by atoms with E-state index in [4.69, 9.17) is 21.1 Å². The van der Waals surface area contributed by atoms with Gasteiger partial charge >= 0.3 is 5.97 Å². The van der Waals surface area contributed by atoms with Gasteiger partial charge in [-0.1, -0.05) is 11.6 Å². The van der Waals surface area contributed by atoms with Crippen molar-refractivity contribution in [2.45, 2.75) is 19.4 Å². The summed E-state index contributed by atoms with van der Waals surface area (Å²) in [5, 5.41) is 9.82. The standard InChI is InChI=1S/C28H23ClF2N2O5/c1-15-21(12-27(34)35)22-9-16(30)3-7-24(22)33(15)28(36)20-6-5-18(11-23(20)29)37-14-19-13-32(2)25-10-17(31)4-8-26(25)38-19/h3-11,19H,12-14H2,1-2H3,(H,34,35)/t19-/m0/s1. The number of aliphatic carboxylic acids is 1. The summed E-state index contributed by atoms with van der Waals surface area (Å²) in [6.45, 7) is 2.30. The first-order chi connectivity index (χ1) is 18.1. The molecular formula is C28H23ClF2N2O5. The predicted octanol–water partition coefficient (Wildman–Crippen LogP) is 5.47. The fraction of sp³-hybridized carbons (Fsp3) is 0.214. The van der Waals surface area contributed by atoms with E-state index in [0.29, 0.717) is 45.9 Å². The van der Waals surface area contributed by atoms with Gasteiger partial charge in [-0.25, -0.2) is 8.78 Å². The number of anilines is 1. The molecule has 196 valence electrons. The summed E-state index contributed by atoms with van der Waals surface area (Å²) in [5.74, 6) is -1.46. The zero-order valence-corrected chi connectivity index (χ0v) is 21.3. The number of fused-ring (bicyclic) bond motifs is 2. The van der Waals surface area contributed by atoms with Gasteiger partial charge in [0.15, 0.2) is 0 Å². The molecule has 1 aliphatic heterocycles. The van der Waals surface area contributed by atoms with Crippen molar-refractivity contribution >= 4 is 40.1 Å². The fourth-order valence-corrected chi connectivity index (χ4v) is 5.01. The van der Waals surface area contributed by atoms with Crippen molar-refractivity contribution in [1.29, 1.82) is 0 Å². The Morgan fingerprint density at radius 3 is 2.58 bits per heavy atom. The number of nitrogens with zero attached hydrogens (tertiary/aromatic N) is 2. The summed E-state index contributed by atoms with van der Waals surface area (Å²) in [7, 11) is 1.84. The SMILES string of the molecule is Cc1c(CC(=O)O)c2cc(F)ccc2n1C(=O)c1ccc(OC[C@@H]2CN(C)c3cc(F)ccc3O2)cc1Cl. The van der Waals surface area contributed by atoms with E-state index < -0.39 is 17.7 Å². The second kappa shape index (κ2) is 9.98. The highest BCUT2D eigenvalue weighted by atomic mass is 35.5. The van der Waals surface area contributed by atoms with Crippen molar-refractivity contribution in [2.24, 2.45) is 0 Å². The van der Waals surface area contributed by atoms with E-state index in [1.54, 1.807) is 19.1 Å². The highest BCUT2D eigenvalue weighted by Crippen LogP contribution is 2.34. The fourth-order valence-electron chi connectivity index (χ4n) is 4.76. The quantitative estimate of drug-likeness (QED) is 0.349. The van der Waals surface area contributed by atoms with Crippen LogP contribution in [0.15, 0.2) is 54.6 Å². The van der Waals surface area contributed by atoms with E-state index in [9.17, 15) is 23.5 Å². The topological polar surface area (TPSA) is 81.0 Å². The highest BCUT2D eigenvalue weighted by molar-refractivity contribution is 6.34. The van der Waals surface area contributed by atoms with Crippen LogP contribution in [0.2, 0.25) is 5.02 Å². The summed E-state index contributed by atoms with van der Waals surface area (Å²) in [5.41, 5.74) is 1.98. The first-order valence-electron chi connectivity index (χ1n) is 11.8. The Balaban J connectivity index is 1.36. The van der Waals surface area contributed by atoms with Gasteiger partial charge in [0.25, 0.3) is 5.91 Å². The maximum absolute atomic E-state index is 13.9. The first-order valence-corrected chi connectivity index (χ1v) is 12.2. The Morgan fingerprint density at radius 1 is 1.11 bits per heavy atom. The van der Waals surface area contributed by atoms with Crippen molar-refractivity contribution < 1.29 is 33.0 Å². The number of carboxylic acids is 1. The number of hydrogen-bond acceptors (Lipinski definition) is 5. The minimum atomic E-state index is -1.09. The third-order valence-electron chi connectivity index (χ3n) is 6.54. The van der Waals surface area contributed by atoms with Crippen LogP contribution in [0.1, 0.15) is 21.6 Å². The number of likely N-dealkylation sites (N-methyl/N-ethyl adjacent to an activating group) is 1. The second-order valence-electron chi connectivity index (χ2n) is 9.12. The molecule has 2 heterocycles. The molecule has 1 atom stereocenters. The normalized spacial score (nSPS) is 14.8. The number of aromatic nitrogens is 1. The van der Waals surface area contributed by atoms with E-state index in [0.717, 1.165) is 0 Å². The molecule has 0 spiro atoms. The molecule has 4 aromatic rings. The largest absolute Gasteiger partial charge is 0.490 e. The summed E-state index contributed by atoms with van der Waals surface area (Å²) in [6, 6.07) is 12.9. The minimum absolute atomic E-state index is 0.137. The molecule has 3 aromatic carbocycles. The molecule has 0 radical (unpaired) electrons. The molecule has 0 saturated heterocycles. The monoisotopic (exact) mass is 540 g/mol. The van der Waals surface area contributed by atoms with E-state index >= 15 is 0 Å². The molecule has 0 saturated carbocycles. The van der Waals surface area contributed by atoms with E-state index in [-0.39, 0.29) is 35.5 Å². The van der Waals surface area contributed by atoms with Crippen LogP contribution in [0, 0.1) is 18.6 Å². The number of carboxylic acid groups (broad SMARTS) is 1. The Bertz CT molecular complexity index is 1590. The van der Waals surface area contributed by atoms with Gasteiger partial charge in [-0.2, -0.15) is 0 Å². The number of carbonyl (C=O) groups is 2. The molecule has 1 N–H and O–H groups in total. The Kier molecular flexibility index (Phi) is 6.71. The summed E-state index contributed by atoms with van der Waals surface area (Å²) in [6.07, 6.45) is -0.676. The van der Waals surface area contributed by atoms with Crippen LogP contribution < -0.4 is 14.4 Å². The lowest BCUT2D eigenvalue weighted by atomic mass is 10.1. The Morgan fingerprint density at radius 2 is 1.84 bits per heavy atom. The number of benzene rings is 3. The Labute approximate surface area is 221 Å². The number of hydrogen-bond donors (Lipinski definition) is 1. The van der Waals surface area contributed by atoms with Crippen LogP contribution in [-0.4, -0.2) is 47.9 Å². The van der Waals surface area contributed by atoms with Crippen molar-refractivity contribution in [1.82, 2.24) is 4.57 Å². The van der Waals surface area contributed by atoms with Crippen molar-refractivity contribution in [3.63, 3.8) is 0 Å². The maximum Gasteiger partial charge on any atom is 0.307 e. The molecule has 5 rings (SSSR count). The maximum atomic E-state index is 13.9.